The van der Waals surface area contributed by atoms with Crippen molar-refractivity contribution >= 4 is 28.4 Å². The van der Waals surface area contributed by atoms with Gasteiger partial charge in [0.15, 0.2) is 0 Å². The minimum absolute atomic E-state index is 0.594. The molecular weight excluding hydrogens is 436 g/mol. The van der Waals surface area contributed by atoms with E-state index in [0.29, 0.717) is 13.2 Å². The zero-order valence-electron chi connectivity index (χ0n) is 19.7. The molecule has 0 saturated carbocycles. The van der Waals surface area contributed by atoms with E-state index in [2.05, 4.69) is 73.5 Å². The third kappa shape index (κ3) is 4.17. The number of rotatable bonds is 4. The van der Waals surface area contributed by atoms with E-state index in [0.717, 1.165) is 68.7 Å². The first-order chi connectivity index (χ1) is 17.1. The van der Waals surface area contributed by atoms with Crippen LogP contribution in [0.4, 0.5) is 17.3 Å². The average Bonchev–Trinajstić information content (AvgIpc) is 3.12. The summed E-state index contributed by atoms with van der Waals surface area (Å²) in [6.07, 6.45) is 1.62. The molecule has 3 heterocycles. The summed E-state index contributed by atoms with van der Waals surface area (Å²) < 4.78 is 6.11. The molecule has 0 unspecified atom stereocenters. The van der Waals surface area contributed by atoms with Gasteiger partial charge in [-0.1, -0.05) is 30.3 Å². The molecule has 174 valence electrons. The minimum atomic E-state index is 0.594. The van der Waals surface area contributed by atoms with Crippen LogP contribution in [0.1, 0.15) is 17.0 Å². The lowest BCUT2D eigenvalue weighted by molar-refractivity contribution is 0.331. The fourth-order valence-corrected chi connectivity index (χ4v) is 4.62. The van der Waals surface area contributed by atoms with E-state index in [1.165, 1.54) is 0 Å². The first kappa shape index (κ1) is 21.2. The quantitative estimate of drug-likeness (QED) is 0.353. The van der Waals surface area contributed by atoms with Crippen LogP contribution in [0.15, 0.2) is 73.1 Å². The molecule has 6 rings (SSSR count). The Bertz CT molecular complexity index is 1510. The van der Waals surface area contributed by atoms with Gasteiger partial charge in [0, 0.05) is 23.4 Å². The molecule has 0 amide bonds. The number of fused-ring (bicyclic) bond motifs is 2. The first-order valence-corrected chi connectivity index (χ1v) is 11.7. The maximum absolute atomic E-state index is 6.11. The minimum Gasteiger partial charge on any atom is -0.491 e. The largest absolute Gasteiger partial charge is 0.491 e. The Morgan fingerprint density at radius 2 is 1.77 bits per heavy atom. The highest BCUT2D eigenvalue weighted by Crippen LogP contribution is 2.33. The lowest BCUT2D eigenvalue weighted by Gasteiger charge is -2.24. The highest BCUT2D eigenvalue weighted by Gasteiger charge is 2.20. The Morgan fingerprint density at radius 3 is 2.66 bits per heavy atom. The predicted octanol–water partition coefficient (Wildman–Crippen LogP) is 5.78. The summed E-state index contributed by atoms with van der Waals surface area (Å²) in [4.78, 5) is 19.3. The van der Waals surface area contributed by atoms with E-state index < -0.39 is 0 Å². The summed E-state index contributed by atoms with van der Waals surface area (Å²) in [6.45, 7) is 6.08. The van der Waals surface area contributed by atoms with Crippen LogP contribution < -0.4 is 15.0 Å². The number of aromatic amines is 1. The maximum Gasteiger partial charge on any atom is 0.138 e. The van der Waals surface area contributed by atoms with Gasteiger partial charge in [-0.25, -0.2) is 15.0 Å². The summed E-state index contributed by atoms with van der Waals surface area (Å²) in [5.74, 6) is 3.56. The van der Waals surface area contributed by atoms with E-state index in [-0.39, 0.29) is 0 Å². The second-order valence-electron chi connectivity index (χ2n) is 8.81. The topological polar surface area (TPSA) is 79.0 Å². The number of H-pyrrole nitrogens is 1. The average molecular weight is 463 g/mol. The van der Waals surface area contributed by atoms with Crippen LogP contribution in [-0.4, -0.2) is 33.1 Å². The summed E-state index contributed by atoms with van der Waals surface area (Å²) in [5.41, 5.74) is 7.46. The van der Waals surface area contributed by atoms with Crippen molar-refractivity contribution in [2.24, 2.45) is 0 Å². The number of imidazole rings is 1. The predicted molar refractivity (Wildman–Crippen MR) is 139 cm³/mol. The van der Waals surface area contributed by atoms with Gasteiger partial charge in [0.05, 0.1) is 17.6 Å². The van der Waals surface area contributed by atoms with Crippen LogP contribution in [0.3, 0.4) is 0 Å². The molecule has 0 saturated heterocycles. The highest BCUT2D eigenvalue weighted by atomic mass is 16.5. The molecule has 0 radical (unpaired) electrons. The fourth-order valence-electron chi connectivity index (χ4n) is 4.62. The molecular formula is C28H26N6O. The monoisotopic (exact) mass is 462 g/mol. The Kier molecular flexibility index (Phi) is 5.29. The van der Waals surface area contributed by atoms with Gasteiger partial charge >= 0.3 is 0 Å². The number of hydrogen-bond donors (Lipinski definition) is 2. The second kappa shape index (κ2) is 8.76. The molecule has 2 aromatic heterocycles. The molecule has 2 N–H and O–H groups in total. The molecule has 3 aromatic carbocycles. The van der Waals surface area contributed by atoms with E-state index in [9.17, 15) is 0 Å². The smallest absolute Gasteiger partial charge is 0.138 e. The van der Waals surface area contributed by atoms with Gasteiger partial charge in [-0.05, 0) is 61.4 Å². The van der Waals surface area contributed by atoms with Crippen LogP contribution in [0.25, 0.3) is 22.2 Å². The van der Waals surface area contributed by atoms with Gasteiger partial charge < -0.3 is 19.9 Å². The number of aromatic nitrogens is 4. The molecule has 1 aliphatic heterocycles. The normalized spacial score (nSPS) is 13.3. The standard InChI is InChI=1S/C28H26N6O/c1-18-27(33-23-6-4-3-5-7-23)29-17-30-28(18)34-12-13-35-26-11-9-20(14-22(26)16-34)21-8-10-24-25(15-21)32-19(2)31-24/h3-11,14-15,17H,12-13,16H2,1-2H3,(H,31,32)(H,29,30,33). The van der Waals surface area contributed by atoms with Crippen LogP contribution in [0, 0.1) is 13.8 Å². The van der Waals surface area contributed by atoms with Gasteiger partial charge in [-0.2, -0.15) is 0 Å². The number of ether oxygens (including phenoxy) is 1. The van der Waals surface area contributed by atoms with Gasteiger partial charge in [0.2, 0.25) is 0 Å². The molecule has 7 nitrogen and oxygen atoms in total. The Morgan fingerprint density at radius 1 is 0.943 bits per heavy atom. The van der Waals surface area contributed by atoms with Crippen LogP contribution >= 0.6 is 0 Å². The maximum atomic E-state index is 6.11. The fraction of sp³-hybridized carbons (Fsp3) is 0.179. The molecule has 5 aromatic rings. The molecule has 1 aliphatic rings. The lowest BCUT2D eigenvalue weighted by Crippen LogP contribution is -2.27. The summed E-state index contributed by atoms with van der Waals surface area (Å²) in [5, 5.41) is 3.42. The Balaban J connectivity index is 1.31. The van der Waals surface area contributed by atoms with Crippen molar-refractivity contribution in [3.63, 3.8) is 0 Å². The number of para-hydroxylation sites is 1. The lowest BCUT2D eigenvalue weighted by atomic mass is 10.0. The van der Waals surface area contributed by atoms with Crippen molar-refractivity contribution in [3.05, 3.63) is 90.0 Å². The molecule has 0 atom stereocenters. The summed E-state index contributed by atoms with van der Waals surface area (Å²) in [7, 11) is 0. The van der Waals surface area contributed by atoms with Crippen molar-refractivity contribution in [2.75, 3.05) is 23.4 Å². The molecule has 0 spiro atoms. The molecule has 0 aliphatic carbocycles. The van der Waals surface area contributed by atoms with Crippen molar-refractivity contribution in [1.82, 2.24) is 19.9 Å². The molecule has 7 heteroatoms. The SMILES string of the molecule is Cc1nc2ccc(-c3ccc4c(c3)CN(c3ncnc(Nc5ccccc5)c3C)CCO4)cc2[nH]1. The van der Waals surface area contributed by atoms with Gasteiger partial charge in [-0.15, -0.1) is 0 Å². The van der Waals surface area contributed by atoms with Crippen molar-refractivity contribution in [3.8, 4) is 16.9 Å². The third-order valence-electron chi connectivity index (χ3n) is 6.37. The number of hydrogen-bond acceptors (Lipinski definition) is 6. The van der Waals surface area contributed by atoms with Gasteiger partial charge in [0.1, 0.15) is 36.1 Å². The first-order valence-electron chi connectivity index (χ1n) is 11.7. The van der Waals surface area contributed by atoms with Crippen molar-refractivity contribution in [2.45, 2.75) is 20.4 Å². The summed E-state index contributed by atoms with van der Waals surface area (Å²) in [6, 6.07) is 22.8. The van der Waals surface area contributed by atoms with Gasteiger partial charge in [0.25, 0.3) is 0 Å². The number of benzene rings is 3. The Hall–Kier alpha value is -4.39. The van der Waals surface area contributed by atoms with Crippen LogP contribution in [0.5, 0.6) is 5.75 Å². The molecule has 0 bridgehead atoms. The number of aryl methyl sites for hydroxylation is 1. The molecule has 35 heavy (non-hydrogen) atoms. The van der Waals surface area contributed by atoms with Crippen molar-refractivity contribution < 1.29 is 4.74 Å². The van der Waals surface area contributed by atoms with Crippen LogP contribution in [-0.2, 0) is 6.54 Å². The van der Waals surface area contributed by atoms with Crippen molar-refractivity contribution in [1.29, 1.82) is 0 Å². The van der Waals surface area contributed by atoms with Gasteiger partial charge in [-0.3, -0.25) is 0 Å². The number of anilines is 3. The molecule has 0 fully saturated rings. The van der Waals surface area contributed by atoms with E-state index in [4.69, 9.17) is 4.74 Å². The summed E-state index contributed by atoms with van der Waals surface area (Å²) >= 11 is 0. The third-order valence-corrected chi connectivity index (χ3v) is 6.37. The number of nitrogens with one attached hydrogen (secondary N) is 2. The van der Waals surface area contributed by atoms with Crippen LogP contribution in [0.2, 0.25) is 0 Å². The zero-order chi connectivity index (χ0) is 23.8. The number of nitrogens with zero attached hydrogens (tertiary/aromatic N) is 4. The highest BCUT2D eigenvalue weighted by molar-refractivity contribution is 5.82. The Labute approximate surface area is 203 Å². The zero-order valence-corrected chi connectivity index (χ0v) is 19.7. The van der Waals surface area contributed by atoms with E-state index in [1.807, 2.05) is 37.3 Å². The van der Waals surface area contributed by atoms with E-state index in [1.54, 1.807) is 6.33 Å². The van der Waals surface area contributed by atoms with E-state index >= 15 is 0 Å². The second-order valence-corrected chi connectivity index (χ2v) is 8.81.